The van der Waals surface area contributed by atoms with E-state index in [1.165, 1.54) is 32.1 Å². The number of unbranched alkanes of at least 4 members (excludes halogenated alkanes) is 1. The molecule has 0 radical (unpaired) electrons. The molecular formula is C16H32N2O2. The zero-order valence-electron chi connectivity index (χ0n) is 13.5. The van der Waals surface area contributed by atoms with Crippen LogP contribution in [-0.2, 0) is 4.79 Å². The van der Waals surface area contributed by atoms with Crippen molar-refractivity contribution in [1.82, 2.24) is 10.2 Å². The number of nitrogens with zero attached hydrogens (tertiary/aromatic N) is 1. The predicted octanol–water partition coefficient (Wildman–Crippen LogP) is 2.87. The van der Waals surface area contributed by atoms with E-state index in [9.17, 15) is 9.90 Å². The first-order chi connectivity index (χ1) is 9.53. The molecule has 4 nitrogen and oxygen atoms in total. The van der Waals surface area contributed by atoms with Crippen molar-refractivity contribution in [1.29, 1.82) is 0 Å². The Kier molecular flexibility index (Phi) is 7.52. The van der Waals surface area contributed by atoms with E-state index in [4.69, 9.17) is 0 Å². The fourth-order valence-corrected chi connectivity index (χ4v) is 3.18. The van der Waals surface area contributed by atoms with Crippen LogP contribution in [0.5, 0.6) is 0 Å². The molecule has 1 unspecified atom stereocenters. The third-order valence-corrected chi connectivity index (χ3v) is 4.89. The van der Waals surface area contributed by atoms with Gasteiger partial charge in [-0.05, 0) is 59.2 Å². The van der Waals surface area contributed by atoms with Gasteiger partial charge in [-0.25, -0.2) is 0 Å². The van der Waals surface area contributed by atoms with E-state index in [2.05, 4.69) is 17.1 Å². The highest BCUT2D eigenvalue weighted by Crippen LogP contribution is 2.23. The lowest BCUT2D eigenvalue weighted by atomic mass is 9.93. The third kappa shape index (κ3) is 5.06. The number of carboxylic acids is 1. The second kappa shape index (κ2) is 8.63. The summed E-state index contributed by atoms with van der Waals surface area (Å²) in [7, 11) is 1.73. The summed E-state index contributed by atoms with van der Waals surface area (Å²) in [4.78, 5) is 13.8. The summed E-state index contributed by atoms with van der Waals surface area (Å²) in [5.41, 5.74) is -0.776. The molecule has 0 saturated heterocycles. The quantitative estimate of drug-likeness (QED) is 0.639. The first-order valence-electron chi connectivity index (χ1n) is 8.20. The van der Waals surface area contributed by atoms with Crippen LogP contribution in [0.2, 0.25) is 0 Å². The zero-order chi connectivity index (χ0) is 15.0. The highest BCUT2D eigenvalue weighted by molar-refractivity contribution is 5.78. The molecule has 118 valence electrons. The van der Waals surface area contributed by atoms with E-state index in [0.717, 1.165) is 32.0 Å². The Hall–Kier alpha value is -0.610. The van der Waals surface area contributed by atoms with E-state index >= 15 is 0 Å². The van der Waals surface area contributed by atoms with Crippen LogP contribution < -0.4 is 5.32 Å². The third-order valence-electron chi connectivity index (χ3n) is 4.89. The van der Waals surface area contributed by atoms with Crippen molar-refractivity contribution in [2.45, 2.75) is 76.8 Å². The summed E-state index contributed by atoms with van der Waals surface area (Å²) in [6, 6.07) is 0.768. The first kappa shape index (κ1) is 17.4. The standard InChI is InChI=1S/C16H32N2O2/c1-4-18(14-10-6-5-7-11-14)13-9-8-12-16(2,17-3)15(19)20/h14,17H,4-13H2,1-3H3,(H,19,20). The fraction of sp³-hybridized carbons (Fsp3) is 0.938. The van der Waals surface area contributed by atoms with Gasteiger partial charge >= 0.3 is 5.97 Å². The number of likely N-dealkylation sites (N-methyl/N-ethyl adjacent to an activating group) is 1. The van der Waals surface area contributed by atoms with E-state index in [1.54, 1.807) is 14.0 Å². The van der Waals surface area contributed by atoms with Crippen LogP contribution >= 0.6 is 0 Å². The van der Waals surface area contributed by atoms with E-state index in [0.29, 0.717) is 6.42 Å². The minimum Gasteiger partial charge on any atom is -0.480 e. The molecule has 0 amide bonds. The minimum atomic E-state index is -0.776. The first-order valence-corrected chi connectivity index (χ1v) is 8.20. The van der Waals surface area contributed by atoms with Crippen molar-refractivity contribution >= 4 is 5.97 Å². The Balaban J connectivity index is 2.29. The van der Waals surface area contributed by atoms with Gasteiger partial charge in [-0.15, -0.1) is 0 Å². The van der Waals surface area contributed by atoms with Crippen LogP contribution in [0, 0.1) is 0 Å². The summed E-state index contributed by atoms with van der Waals surface area (Å²) in [6.45, 7) is 6.24. The predicted molar refractivity (Wildman–Crippen MR) is 83.1 cm³/mol. The molecule has 0 spiro atoms. The molecule has 0 bridgehead atoms. The molecule has 1 rings (SSSR count). The smallest absolute Gasteiger partial charge is 0.323 e. The number of hydrogen-bond acceptors (Lipinski definition) is 3. The molecule has 1 atom stereocenters. The largest absolute Gasteiger partial charge is 0.480 e. The van der Waals surface area contributed by atoms with Gasteiger partial charge in [0.25, 0.3) is 0 Å². The average molecular weight is 284 g/mol. The van der Waals surface area contributed by atoms with Crippen LogP contribution in [0.3, 0.4) is 0 Å². The molecule has 0 heterocycles. The van der Waals surface area contributed by atoms with Crippen molar-refractivity contribution in [3.63, 3.8) is 0 Å². The summed E-state index contributed by atoms with van der Waals surface area (Å²) in [5.74, 6) is -0.750. The molecular weight excluding hydrogens is 252 g/mol. The van der Waals surface area contributed by atoms with Gasteiger partial charge in [0, 0.05) is 6.04 Å². The normalized spacial score (nSPS) is 20.0. The van der Waals surface area contributed by atoms with E-state index in [1.807, 2.05) is 0 Å². The monoisotopic (exact) mass is 284 g/mol. The van der Waals surface area contributed by atoms with Crippen molar-refractivity contribution in [3.8, 4) is 0 Å². The fourth-order valence-electron chi connectivity index (χ4n) is 3.18. The Morgan fingerprint density at radius 3 is 2.45 bits per heavy atom. The molecule has 4 heteroatoms. The van der Waals surface area contributed by atoms with Crippen molar-refractivity contribution in [3.05, 3.63) is 0 Å². The maximum Gasteiger partial charge on any atom is 0.323 e. The molecule has 2 N–H and O–H groups in total. The number of hydrogen-bond donors (Lipinski definition) is 2. The van der Waals surface area contributed by atoms with Gasteiger partial charge in [0.15, 0.2) is 0 Å². The van der Waals surface area contributed by atoms with Gasteiger partial charge in [0.1, 0.15) is 5.54 Å². The van der Waals surface area contributed by atoms with Gasteiger partial charge in [0.05, 0.1) is 0 Å². The Bertz CT molecular complexity index is 290. The Morgan fingerprint density at radius 1 is 1.30 bits per heavy atom. The number of nitrogens with one attached hydrogen (secondary N) is 1. The van der Waals surface area contributed by atoms with Gasteiger partial charge in [0.2, 0.25) is 0 Å². The second-order valence-corrected chi connectivity index (χ2v) is 6.26. The van der Waals surface area contributed by atoms with Crippen molar-refractivity contribution in [2.24, 2.45) is 0 Å². The van der Waals surface area contributed by atoms with Gasteiger partial charge in [-0.1, -0.05) is 26.2 Å². The van der Waals surface area contributed by atoms with E-state index in [-0.39, 0.29) is 0 Å². The van der Waals surface area contributed by atoms with Gasteiger partial charge in [-0.2, -0.15) is 0 Å². The summed E-state index contributed by atoms with van der Waals surface area (Å²) in [5, 5.41) is 12.1. The van der Waals surface area contributed by atoms with E-state index < -0.39 is 11.5 Å². The minimum absolute atomic E-state index is 0.695. The van der Waals surface area contributed by atoms with Crippen molar-refractivity contribution < 1.29 is 9.90 Å². The Labute approximate surface area is 123 Å². The Morgan fingerprint density at radius 2 is 1.95 bits per heavy atom. The zero-order valence-corrected chi connectivity index (χ0v) is 13.5. The molecule has 1 aliphatic rings. The lowest BCUT2D eigenvalue weighted by Gasteiger charge is -2.33. The SMILES string of the molecule is CCN(CCCCC(C)(NC)C(=O)O)C1CCCCC1. The molecule has 0 aromatic rings. The molecule has 1 aliphatic carbocycles. The van der Waals surface area contributed by atoms with Crippen LogP contribution in [0.15, 0.2) is 0 Å². The lowest BCUT2D eigenvalue weighted by Crippen LogP contribution is -2.47. The number of rotatable bonds is 9. The molecule has 1 fully saturated rings. The van der Waals surface area contributed by atoms with Gasteiger partial charge < -0.3 is 15.3 Å². The van der Waals surface area contributed by atoms with Gasteiger partial charge in [-0.3, -0.25) is 4.79 Å². The molecule has 1 saturated carbocycles. The lowest BCUT2D eigenvalue weighted by molar-refractivity contribution is -0.144. The number of carbonyl (C=O) groups is 1. The molecule has 0 aromatic heterocycles. The summed E-state index contributed by atoms with van der Waals surface area (Å²) >= 11 is 0. The average Bonchev–Trinajstić information content (AvgIpc) is 2.47. The highest BCUT2D eigenvalue weighted by Gasteiger charge is 2.30. The van der Waals surface area contributed by atoms with Crippen LogP contribution in [0.25, 0.3) is 0 Å². The molecule has 0 aromatic carbocycles. The maximum atomic E-state index is 11.2. The molecule has 0 aliphatic heterocycles. The number of carboxylic acid groups (broad SMARTS) is 1. The maximum absolute atomic E-state index is 11.2. The summed E-state index contributed by atoms with van der Waals surface area (Å²) in [6.07, 6.45) is 9.58. The number of aliphatic carboxylic acids is 1. The highest BCUT2D eigenvalue weighted by atomic mass is 16.4. The van der Waals surface area contributed by atoms with Crippen LogP contribution in [0.1, 0.15) is 65.2 Å². The van der Waals surface area contributed by atoms with Crippen LogP contribution in [0.4, 0.5) is 0 Å². The molecule has 20 heavy (non-hydrogen) atoms. The van der Waals surface area contributed by atoms with Crippen LogP contribution in [-0.4, -0.2) is 47.7 Å². The second-order valence-electron chi connectivity index (χ2n) is 6.26. The summed E-state index contributed by atoms with van der Waals surface area (Å²) < 4.78 is 0. The topological polar surface area (TPSA) is 52.6 Å². The van der Waals surface area contributed by atoms with Crippen molar-refractivity contribution in [2.75, 3.05) is 20.1 Å².